The van der Waals surface area contributed by atoms with Crippen LogP contribution in [0.2, 0.25) is 0 Å². The summed E-state index contributed by atoms with van der Waals surface area (Å²) in [6.45, 7) is 0. The number of para-hydroxylation sites is 4. The Labute approximate surface area is 420 Å². The molecule has 13 rings (SSSR count). The molecule has 0 N–H and O–H groups in total. The molecule has 0 radical (unpaired) electrons. The van der Waals surface area contributed by atoms with Gasteiger partial charge in [0, 0.05) is 32.6 Å². The smallest absolute Gasteiger partial charge is 0.179 e. The van der Waals surface area contributed by atoms with Crippen molar-refractivity contribution < 1.29 is 52.4 Å². The molecule has 0 amide bonds. The summed E-state index contributed by atoms with van der Waals surface area (Å²) in [6, 6.07) is -29.9. The van der Waals surface area contributed by atoms with Crippen molar-refractivity contribution in [1.82, 2.24) is 9.13 Å². The Kier molecular flexibility index (Phi) is 3.58. The maximum atomic E-state index is 10.5. The monoisotopic (exact) mass is 868 g/mol. The average molecular weight is 868 g/mol. The molecule has 1 atom stereocenters. The summed E-state index contributed by atoms with van der Waals surface area (Å²) in [5.74, 6) is 0. The summed E-state index contributed by atoms with van der Waals surface area (Å²) in [6.07, 6.45) is 0. The van der Waals surface area contributed by atoms with Gasteiger partial charge in [0.1, 0.15) is 5.58 Å². The SMILES string of the molecule is [2H]c1c([2H])c([2H])c(-c2c([2H])c([2H])c([2H])c([Si](c3ccccc3)(c3c([2H])c([2H])c([2H])c([2H])c3[2H])c3c([2H])c([2H])c(-n4c5c([2H])c([2H])c([2H])c([2H])c5c5c([2H])c(-n6c7c([2H])c([2H])c([2H])c([2H])c7c7c([2H])c([2H])c([2H])c([2H])c76)c6oc7c([2H])c([2H])c([2H])c([2H])c7c6c54)c([2H])c3[2H])c2[2H])c([2H])c1[2H]. The van der Waals surface area contributed by atoms with Crippen LogP contribution in [0, 0.1) is 0 Å². The summed E-state index contributed by atoms with van der Waals surface area (Å²) in [4.78, 5) is 0. The minimum absolute atomic E-state index is 0.318. The van der Waals surface area contributed by atoms with Gasteiger partial charge in [0.2, 0.25) is 0 Å². The largest absolute Gasteiger partial charge is 0.454 e. The van der Waals surface area contributed by atoms with Gasteiger partial charge in [-0.15, -0.1) is 0 Å². The van der Waals surface area contributed by atoms with Crippen molar-refractivity contribution in [3.8, 4) is 22.5 Å². The summed E-state index contributed by atoms with van der Waals surface area (Å²) in [7, 11) is -5.99. The second-order valence-electron chi connectivity index (χ2n) is 14.1. The first-order valence-corrected chi connectivity index (χ1v) is 21.2. The minimum Gasteiger partial charge on any atom is -0.454 e. The quantitative estimate of drug-likeness (QED) is 0.116. The lowest BCUT2D eigenvalue weighted by atomic mass is 10.1. The highest BCUT2D eigenvalue weighted by Gasteiger charge is 2.41. The van der Waals surface area contributed by atoms with Crippen molar-refractivity contribution in [3.63, 3.8) is 0 Å². The third-order valence-corrected chi connectivity index (χ3v) is 15.1. The van der Waals surface area contributed by atoms with Crippen molar-refractivity contribution in [2.45, 2.75) is 0 Å². The topological polar surface area (TPSA) is 23.0 Å². The first-order valence-electron chi connectivity index (χ1n) is 36.7. The number of benzene rings is 10. The van der Waals surface area contributed by atoms with Crippen LogP contribution in [0.5, 0.6) is 0 Å². The van der Waals surface area contributed by atoms with Crippen molar-refractivity contribution in [2.24, 2.45) is 0 Å². The van der Waals surface area contributed by atoms with Gasteiger partial charge < -0.3 is 13.6 Å². The lowest BCUT2D eigenvalue weighted by Gasteiger charge is -2.35. The summed E-state index contributed by atoms with van der Waals surface area (Å²) < 4.78 is 336. The molecule has 0 aliphatic carbocycles. The lowest BCUT2D eigenvalue weighted by Crippen LogP contribution is -2.74. The van der Waals surface area contributed by atoms with E-state index in [2.05, 4.69) is 0 Å². The number of aromatic nitrogens is 2. The van der Waals surface area contributed by atoms with Crippen LogP contribution < -0.4 is 20.7 Å². The van der Waals surface area contributed by atoms with Crippen molar-refractivity contribution in [1.29, 1.82) is 0 Å². The first-order chi connectivity index (χ1) is 46.3. The molecule has 64 heavy (non-hydrogen) atoms. The average Bonchev–Trinajstić information content (AvgIpc) is 1.61. The maximum Gasteiger partial charge on any atom is 0.179 e. The van der Waals surface area contributed by atoms with Gasteiger partial charge in [-0.2, -0.15) is 0 Å². The second kappa shape index (κ2) is 14.5. The van der Waals surface area contributed by atoms with Gasteiger partial charge >= 0.3 is 0 Å². The van der Waals surface area contributed by atoms with E-state index in [9.17, 15) is 26.0 Å². The molecule has 0 fully saturated rings. The molecule has 0 saturated carbocycles. The van der Waals surface area contributed by atoms with E-state index in [1.165, 1.54) is 30.3 Å². The molecular weight excluding hydrogens is 793 g/mol. The molecule has 3 nitrogen and oxygen atoms in total. The fourth-order valence-corrected chi connectivity index (χ4v) is 12.2. The van der Waals surface area contributed by atoms with Crippen LogP contribution in [0.25, 0.3) is 88.1 Å². The Morgan fingerprint density at radius 1 is 0.391 bits per heavy atom. The Morgan fingerprint density at radius 2 is 0.922 bits per heavy atom. The van der Waals surface area contributed by atoms with Crippen LogP contribution >= 0.6 is 0 Å². The van der Waals surface area contributed by atoms with Gasteiger partial charge in [0.15, 0.2) is 13.7 Å². The van der Waals surface area contributed by atoms with E-state index in [4.69, 9.17) is 26.3 Å². The number of hydrogen-bond donors (Lipinski definition) is 0. The minimum atomic E-state index is -5.99. The third-order valence-electron chi connectivity index (χ3n) is 10.9. The molecule has 0 saturated heterocycles. The van der Waals surface area contributed by atoms with Gasteiger partial charge in [0.05, 0.1) is 81.1 Å². The molecule has 3 heterocycles. The zero-order valence-electron chi connectivity index (χ0n) is 67.2. The number of fused-ring (bicyclic) bond motifs is 10. The molecule has 0 spiro atoms. The standard InChI is InChI=1S/C60H40N2OSi/c1-4-19-41(20-5-1)42-21-18-26-47(39-42)64(44-22-6-2-7-23-44,45-24-8-3-9-25-45)46-37-35-43(36-38-46)61-53-31-14-12-29-50(53)52-40-56(60-58(59(52)61)51-30-13-17-34-57(51)63-60)62-54-32-15-10-27-48(54)49-28-11-16-33-55(49)62/h1-40H/i1D,2D,4D,5D,6D,7D,10D,11D,12D,13D,14D,15D,16D,17D,18D,19D,20D,21D,22D,23D,26D,27D,28D,29D,30D,31D,32D,33D,34D,35D,36D,37D,38D,39D,40D. The zero-order valence-corrected chi connectivity index (χ0v) is 33.2. The van der Waals surface area contributed by atoms with Crippen molar-refractivity contribution >= 4 is 94.4 Å². The van der Waals surface area contributed by atoms with Gasteiger partial charge in [-0.1, -0.05) is 200 Å². The molecule has 0 aliphatic rings. The summed E-state index contributed by atoms with van der Waals surface area (Å²) >= 11 is 0. The maximum absolute atomic E-state index is 10.5. The molecule has 3 aromatic heterocycles. The van der Waals surface area contributed by atoms with E-state index in [0.717, 1.165) is 4.57 Å². The summed E-state index contributed by atoms with van der Waals surface area (Å²) in [5.41, 5.74) is -8.08. The predicted octanol–water partition coefficient (Wildman–Crippen LogP) is 12.8. The highest BCUT2D eigenvalue weighted by atomic mass is 28.3. The molecule has 0 aliphatic heterocycles. The van der Waals surface area contributed by atoms with Crippen LogP contribution in [0.1, 0.15) is 48.0 Å². The molecular formula is C60H40N2OSi. The van der Waals surface area contributed by atoms with Crippen LogP contribution in [0.3, 0.4) is 0 Å². The molecule has 1 unspecified atom stereocenters. The third kappa shape index (κ3) is 5.33. The Balaban J connectivity index is 1.32. The molecule has 13 aromatic rings. The highest BCUT2D eigenvalue weighted by molar-refractivity contribution is 7.19. The van der Waals surface area contributed by atoms with Gasteiger partial charge in [0.25, 0.3) is 0 Å². The van der Waals surface area contributed by atoms with E-state index in [1.807, 2.05) is 0 Å². The molecule has 0 bridgehead atoms. The number of nitrogens with zero attached hydrogens (tertiary/aromatic N) is 2. The van der Waals surface area contributed by atoms with Crippen LogP contribution in [0.15, 0.2) is 246 Å². The van der Waals surface area contributed by atoms with Gasteiger partial charge in [-0.3, -0.25) is 0 Å². The second-order valence-corrected chi connectivity index (χ2v) is 17.7. The Bertz CT molecular complexity index is 5840. The summed E-state index contributed by atoms with van der Waals surface area (Å²) in [5, 5.41) is -7.01. The van der Waals surface area contributed by atoms with E-state index < -0.39 is 323 Å². The normalized spacial score (nSPS) is 20.5. The Hall–Kier alpha value is -8.18. The van der Waals surface area contributed by atoms with E-state index in [0.29, 0.717) is 4.57 Å². The fourth-order valence-electron chi connectivity index (χ4n) is 8.34. The Morgan fingerprint density at radius 3 is 1.61 bits per heavy atom. The van der Waals surface area contributed by atoms with E-state index in [-0.39, 0.29) is 5.19 Å². The zero-order chi connectivity index (χ0) is 72.7. The number of furan rings is 1. The number of rotatable bonds is 7. The van der Waals surface area contributed by atoms with Crippen LogP contribution in [0.4, 0.5) is 0 Å². The fraction of sp³-hybridized carbons (Fsp3) is 0. The first kappa shape index (κ1) is 15.9. The molecule has 10 aromatic carbocycles. The van der Waals surface area contributed by atoms with Gasteiger partial charge in [-0.25, -0.2) is 0 Å². The lowest BCUT2D eigenvalue weighted by molar-refractivity contribution is 0.666. The predicted molar refractivity (Wildman–Crippen MR) is 271 cm³/mol. The molecule has 4 heteroatoms. The van der Waals surface area contributed by atoms with E-state index >= 15 is 0 Å². The van der Waals surface area contributed by atoms with Crippen molar-refractivity contribution in [2.75, 3.05) is 0 Å². The molecule has 300 valence electrons. The highest BCUT2D eigenvalue weighted by Crippen LogP contribution is 2.45. The van der Waals surface area contributed by atoms with Gasteiger partial charge in [-0.05, 0) is 74.2 Å². The number of hydrogen-bond acceptors (Lipinski definition) is 1. The van der Waals surface area contributed by atoms with E-state index in [1.54, 1.807) is 0 Å². The van der Waals surface area contributed by atoms with Crippen LogP contribution in [-0.2, 0) is 0 Å². The van der Waals surface area contributed by atoms with Crippen LogP contribution in [-0.4, -0.2) is 17.2 Å². The van der Waals surface area contributed by atoms with Crippen molar-refractivity contribution in [3.05, 3.63) is 242 Å².